The first kappa shape index (κ1) is 80.9. The lowest BCUT2D eigenvalue weighted by molar-refractivity contribution is 0.767. The summed E-state index contributed by atoms with van der Waals surface area (Å²) in [7, 11) is 2.16. The normalized spacial score (nSPS) is 12.2. The Balaban J connectivity index is 0.000000152. The van der Waals surface area contributed by atoms with Gasteiger partial charge in [-0.2, -0.15) is 0 Å². The zero-order valence-corrected chi connectivity index (χ0v) is 76.0. The summed E-state index contributed by atoms with van der Waals surface area (Å²) >= 11 is 0. The molecule has 0 bridgehead atoms. The van der Waals surface area contributed by atoms with Gasteiger partial charge in [0.25, 0.3) is 0 Å². The molecule has 0 unspecified atom stereocenters. The average Bonchev–Trinajstić information content (AvgIpc) is 1.51. The van der Waals surface area contributed by atoms with Gasteiger partial charge in [-0.1, -0.05) is 419 Å². The first-order chi connectivity index (χ1) is 68.4. The molecule has 1 aliphatic carbocycles. The summed E-state index contributed by atoms with van der Waals surface area (Å²) < 4.78 is 4.78. The molecule has 2 heterocycles. The summed E-state index contributed by atoms with van der Waals surface area (Å²) in [6.07, 6.45) is 0. The van der Waals surface area contributed by atoms with E-state index in [0.29, 0.717) is 0 Å². The van der Waals surface area contributed by atoms with E-state index in [1.165, 1.54) is 203 Å². The van der Waals surface area contributed by atoms with Crippen molar-refractivity contribution < 1.29 is 0 Å². The molecule has 4 nitrogen and oxygen atoms in total. The van der Waals surface area contributed by atoms with E-state index >= 15 is 0 Å². The van der Waals surface area contributed by atoms with Gasteiger partial charge in [-0.05, 0) is 274 Å². The van der Waals surface area contributed by atoms with Crippen molar-refractivity contribution >= 4 is 142 Å². The molecule has 646 valence electrons. The number of benzene rings is 24. The first-order valence-electron chi connectivity index (χ1n) is 47.7. The van der Waals surface area contributed by atoms with Gasteiger partial charge in [0.1, 0.15) is 0 Å². The van der Waals surface area contributed by atoms with Crippen LogP contribution in [0.2, 0.25) is 0 Å². The average molecular weight is 1760 g/mol. The predicted molar refractivity (Wildman–Crippen MR) is 586 cm³/mol. The Morgan fingerprint density at radius 3 is 0.884 bits per heavy atom. The van der Waals surface area contributed by atoms with Crippen molar-refractivity contribution in [3.63, 3.8) is 0 Å². The van der Waals surface area contributed by atoms with E-state index in [1.807, 2.05) is 0 Å². The van der Waals surface area contributed by atoms with Crippen molar-refractivity contribution in [3.8, 4) is 83.6 Å². The lowest BCUT2D eigenvalue weighted by Crippen LogP contribution is -2.28. The van der Waals surface area contributed by atoms with Crippen LogP contribution in [-0.4, -0.2) is 9.13 Å². The molecule has 0 radical (unpaired) electrons. The lowest BCUT2D eigenvalue weighted by atomic mass is 9.67. The Morgan fingerprint density at radius 2 is 0.457 bits per heavy atom. The Hall–Kier alpha value is -18.0. The molecular weight excluding hydrogens is 1670 g/mol. The van der Waals surface area contributed by atoms with Crippen molar-refractivity contribution in [3.05, 3.63) is 550 Å². The topological polar surface area (TPSA) is 16.3 Å². The maximum absolute atomic E-state index is 2.48. The highest BCUT2D eigenvalue weighted by atomic mass is 15.1. The van der Waals surface area contributed by atoms with E-state index in [-0.39, 0.29) is 0 Å². The highest BCUT2D eigenvalue weighted by molar-refractivity contribution is 6.24. The standard InChI is InChI=1S/C79H52N2.C55H38N2/c1-4-22-55(23-5-1)77-68-32-12-14-34-70(68)78(71-35-15-13-33-69(71)77)56-41-45-60(46-42-56)80(59-43-39-54(40-44-59)64-36-20-24-53-21-10-11-29-63(53)64)61-48-50-76-72(51-61)67-31-17-19-38-75(67)81(76)62-47-49-66-65-30-16-18-37-73(65)79(74(66)52-62,57-25-6-2-7-26-57)58-27-8-3-9-28-58;1-56-52-25-12-11-19-46(52)51-36-43(34-35-53(51)56)57(41-30-26-38(27-31-41)45-24-13-17-37-14-5-6-18-44(37)45)42-32-28-40(29-33-42)55-49-22-9-7-20-47(49)54(39-15-3-2-4-16-39)48-21-8-10-23-50(48)55/h1-52H;2-36H,1H3. The molecule has 138 heavy (non-hydrogen) atoms. The van der Waals surface area contributed by atoms with E-state index in [9.17, 15) is 0 Å². The number of aryl methyl sites for hydroxylation is 1. The third kappa shape index (κ3) is 13.3. The summed E-state index contributed by atoms with van der Waals surface area (Å²) in [5.74, 6) is 0. The smallest absolute Gasteiger partial charge is 0.0714 e. The molecule has 26 aromatic rings. The zero-order valence-electron chi connectivity index (χ0n) is 76.0. The van der Waals surface area contributed by atoms with Gasteiger partial charge in [0.2, 0.25) is 0 Å². The second kappa shape index (κ2) is 33.6. The van der Waals surface area contributed by atoms with Crippen LogP contribution in [0.3, 0.4) is 0 Å². The molecule has 0 spiro atoms. The molecule has 0 saturated heterocycles. The van der Waals surface area contributed by atoms with Gasteiger partial charge in [0, 0.05) is 79.4 Å². The van der Waals surface area contributed by atoms with E-state index in [1.54, 1.807) is 0 Å². The van der Waals surface area contributed by atoms with Crippen molar-refractivity contribution in [2.24, 2.45) is 7.05 Å². The predicted octanol–water partition coefficient (Wildman–Crippen LogP) is 36.3. The fourth-order valence-electron chi connectivity index (χ4n) is 22.9. The molecule has 24 aromatic carbocycles. The maximum atomic E-state index is 2.48. The van der Waals surface area contributed by atoms with Crippen LogP contribution in [0.1, 0.15) is 22.3 Å². The van der Waals surface area contributed by atoms with E-state index < -0.39 is 5.41 Å². The third-order valence-electron chi connectivity index (χ3n) is 29.0. The molecule has 1 aliphatic rings. The Labute approximate surface area is 801 Å². The molecule has 0 fully saturated rings. The minimum Gasteiger partial charge on any atom is -0.344 e. The molecule has 0 amide bonds. The number of para-hydroxylation sites is 2. The van der Waals surface area contributed by atoms with Crippen LogP contribution in [0.5, 0.6) is 0 Å². The largest absolute Gasteiger partial charge is 0.344 e. The first-order valence-corrected chi connectivity index (χ1v) is 47.7. The lowest BCUT2D eigenvalue weighted by Gasteiger charge is -2.34. The fraction of sp³-hybridized carbons (Fsp3) is 0.0149. The van der Waals surface area contributed by atoms with Crippen LogP contribution < -0.4 is 9.80 Å². The van der Waals surface area contributed by atoms with Gasteiger partial charge in [0.15, 0.2) is 0 Å². The van der Waals surface area contributed by atoms with Gasteiger partial charge in [-0.15, -0.1) is 0 Å². The van der Waals surface area contributed by atoms with Crippen molar-refractivity contribution in [1.82, 2.24) is 9.13 Å². The quantitative estimate of drug-likeness (QED) is 0.0951. The molecule has 0 N–H and O–H groups in total. The number of aromatic nitrogens is 2. The van der Waals surface area contributed by atoms with Gasteiger partial charge in [-0.25, -0.2) is 0 Å². The van der Waals surface area contributed by atoms with Crippen molar-refractivity contribution in [2.45, 2.75) is 5.41 Å². The maximum Gasteiger partial charge on any atom is 0.0714 e. The van der Waals surface area contributed by atoms with Gasteiger partial charge in [0.05, 0.1) is 16.4 Å². The molecular formula is C134H90N4. The Bertz CT molecular complexity index is 9080. The SMILES string of the molecule is Cn1c2ccccc2c2cc(N(c3ccc(-c4cccc5ccccc45)cc3)c3ccc(-c4c5ccccc5c(-c5ccccc5)c5ccccc45)cc3)ccc21.c1ccc(-c2c3ccccc3c(-c3ccc(N(c4ccc(-c5cccc6ccccc56)cc4)c4ccc5c(c4)c4ccccc4n5-c4ccc5c(c4)C(c4ccccc4)(c4ccccc4)c4ccccc4-5)cc3)c3ccccc23)cc1. The van der Waals surface area contributed by atoms with Crippen LogP contribution in [0, 0.1) is 0 Å². The third-order valence-corrected chi connectivity index (χ3v) is 29.0. The van der Waals surface area contributed by atoms with Gasteiger partial charge in [-0.3, -0.25) is 0 Å². The summed E-state index contributed by atoms with van der Waals surface area (Å²) in [6.45, 7) is 0. The van der Waals surface area contributed by atoms with Gasteiger partial charge >= 0.3 is 0 Å². The van der Waals surface area contributed by atoms with E-state index in [4.69, 9.17) is 0 Å². The molecule has 0 aliphatic heterocycles. The monoisotopic (exact) mass is 1750 g/mol. The van der Waals surface area contributed by atoms with E-state index in [0.717, 1.165) is 45.3 Å². The number of hydrogen-bond donors (Lipinski definition) is 0. The zero-order chi connectivity index (χ0) is 91.3. The van der Waals surface area contributed by atoms with Crippen molar-refractivity contribution in [2.75, 3.05) is 9.80 Å². The van der Waals surface area contributed by atoms with Gasteiger partial charge < -0.3 is 18.9 Å². The second-order valence-corrected chi connectivity index (χ2v) is 36.4. The highest BCUT2D eigenvalue weighted by Gasteiger charge is 2.46. The molecule has 2 aromatic heterocycles. The minimum atomic E-state index is -0.512. The number of hydrogen-bond acceptors (Lipinski definition) is 2. The van der Waals surface area contributed by atoms with Crippen LogP contribution in [-0.2, 0) is 12.5 Å². The number of rotatable bonds is 15. The number of fused-ring (bicyclic) bond motifs is 15. The van der Waals surface area contributed by atoms with Crippen LogP contribution in [0.15, 0.2) is 528 Å². The van der Waals surface area contributed by atoms with Crippen LogP contribution >= 0.6 is 0 Å². The molecule has 0 saturated carbocycles. The van der Waals surface area contributed by atoms with Crippen LogP contribution in [0.4, 0.5) is 34.1 Å². The van der Waals surface area contributed by atoms with Crippen LogP contribution in [0.25, 0.3) is 192 Å². The van der Waals surface area contributed by atoms with Crippen molar-refractivity contribution in [1.29, 1.82) is 0 Å². The number of anilines is 6. The fourth-order valence-corrected chi connectivity index (χ4v) is 22.9. The Morgan fingerprint density at radius 1 is 0.174 bits per heavy atom. The molecule has 0 atom stereocenters. The van der Waals surface area contributed by atoms with E-state index in [2.05, 4.69) is 554 Å². The minimum absolute atomic E-state index is 0.512. The Kier molecular flexibility index (Phi) is 19.7. The summed E-state index contributed by atoms with van der Waals surface area (Å²) in [5, 5.41) is 19.9. The summed E-state index contributed by atoms with van der Waals surface area (Å²) in [4.78, 5) is 4.82. The molecule has 4 heteroatoms. The molecule has 27 rings (SSSR count). The second-order valence-electron chi connectivity index (χ2n) is 36.4. The summed E-state index contributed by atoms with van der Waals surface area (Å²) in [5.41, 5.74) is 34.3. The number of nitrogens with zero attached hydrogens (tertiary/aromatic N) is 4. The highest BCUT2D eigenvalue weighted by Crippen LogP contribution is 2.58. The summed E-state index contributed by atoms with van der Waals surface area (Å²) in [6, 6.07) is 194.